The number of hydrogen-bond acceptors (Lipinski definition) is 4. The van der Waals surface area contributed by atoms with Crippen LogP contribution >= 0.6 is 0 Å². The zero-order valence-corrected chi connectivity index (χ0v) is 9.62. The minimum Gasteiger partial charge on any atom is -0.478 e. The van der Waals surface area contributed by atoms with Crippen LogP contribution in [0.15, 0.2) is 47.3 Å². The number of carboxylic acids is 1. The van der Waals surface area contributed by atoms with Crippen molar-refractivity contribution in [3.8, 4) is 5.75 Å². The minimum atomic E-state index is -1.20. The van der Waals surface area contributed by atoms with Gasteiger partial charge in [-0.25, -0.2) is 9.59 Å². The quantitative estimate of drug-likeness (QED) is 0.639. The Hall–Kier alpha value is -2.89. The molecular formula is C13H9NO5. The van der Waals surface area contributed by atoms with E-state index in [1.165, 1.54) is 36.4 Å². The number of nitrogens with one attached hydrogen (secondary N) is 1. The molecule has 0 aliphatic carbocycles. The average molecular weight is 259 g/mol. The third kappa shape index (κ3) is 2.86. The van der Waals surface area contributed by atoms with Crippen LogP contribution < -0.4 is 10.3 Å². The fourth-order valence-corrected chi connectivity index (χ4v) is 1.45. The Morgan fingerprint density at radius 3 is 2.47 bits per heavy atom. The van der Waals surface area contributed by atoms with E-state index in [9.17, 15) is 14.4 Å². The maximum Gasteiger partial charge on any atom is 0.360 e. The van der Waals surface area contributed by atoms with Gasteiger partial charge in [-0.1, -0.05) is 18.2 Å². The van der Waals surface area contributed by atoms with Crippen molar-refractivity contribution in [1.29, 1.82) is 0 Å². The molecule has 0 atom stereocenters. The lowest BCUT2D eigenvalue weighted by Crippen LogP contribution is -2.17. The van der Waals surface area contributed by atoms with E-state index < -0.39 is 17.5 Å². The number of aromatic nitrogens is 1. The number of hydrogen-bond donors (Lipinski definition) is 2. The highest BCUT2D eigenvalue weighted by Crippen LogP contribution is 2.18. The number of pyridine rings is 1. The summed E-state index contributed by atoms with van der Waals surface area (Å²) in [7, 11) is 0. The van der Waals surface area contributed by atoms with E-state index in [0.717, 1.165) is 0 Å². The highest BCUT2D eigenvalue weighted by molar-refractivity contribution is 5.94. The van der Waals surface area contributed by atoms with E-state index >= 15 is 0 Å². The lowest BCUT2D eigenvalue weighted by atomic mass is 10.2. The molecule has 0 aliphatic heterocycles. The Bertz CT molecular complexity index is 689. The van der Waals surface area contributed by atoms with Crippen molar-refractivity contribution in [3.63, 3.8) is 0 Å². The van der Waals surface area contributed by atoms with Crippen molar-refractivity contribution in [1.82, 2.24) is 4.98 Å². The van der Waals surface area contributed by atoms with E-state index in [4.69, 9.17) is 9.84 Å². The molecule has 0 saturated carbocycles. The Morgan fingerprint density at radius 1 is 1.05 bits per heavy atom. The van der Waals surface area contributed by atoms with E-state index in [-0.39, 0.29) is 17.0 Å². The van der Waals surface area contributed by atoms with Crippen LogP contribution in [0.5, 0.6) is 5.75 Å². The first-order valence-electron chi connectivity index (χ1n) is 5.32. The molecule has 2 N–H and O–H groups in total. The van der Waals surface area contributed by atoms with Gasteiger partial charge in [0.05, 0.1) is 0 Å². The molecule has 0 saturated heterocycles. The van der Waals surface area contributed by atoms with Crippen LogP contribution in [-0.4, -0.2) is 22.0 Å². The second-order valence-electron chi connectivity index (χ2n) is 3.62. The van der Waals surface area contributed by atoms with Gasteiger partial charge in [0.25, 0.3) is 0 Å². The van der Waals surface area contributed by atoms with Crippen molar-refractivity contribution in [2.75, 3.05) is 0 Å². The summed E-state index contributed by atoms with van der Waals surface area (Å²) in [5.74, 6) is -2.11. The van der Waals surface area contributed by atoms with Crippen molar-refractivity contribution in [3.05, 3.63) is 64.1 Å². The zero-order chi connectivity index (χ0) is 13.8. The van der Waals surface area contributed by atoms with Gasteiger partial charge < -0.3 is 14.8 Å². The maximum atomic E-state index is 11.8. The van der Waals surface area contributed by atoms with Crippen LogP contribution in [0.4, 0.5) is 0 Å². The summed E-state index contributed by atoms with van der Waals surface area (Å²) in [5.41, 5.74) is -0.622. The van der Waals surface area contributed by atoms with Gasteiger partial charge in [-0.15, -0.1) is 0 Å². The smallest absolute Gasteiger partial charge is 0.360 e. The summed E-state index contributed by atoms with van der Waals surface area (Å²) in [4.78, 5) is 36.1. The Kier molecular flexibility index (Phi) is 3.42. The van der Waals surface area contributed by atoms with E-state index in [1.807, 2.05) is 0 Å². The molecule has 1 heterocycles. The van der Waals surface area contributed by atoms with Gasteiger partial charge in [0.15, 0.2) is 0 Å². The lowest BCUT2D eigenvalue weighted by Gasteiger charge is -2.06. The van der Waals surface area contributed by atoms with E-state index in [0.29, 0.717) is 0 Å². The second kappa shape index (κ2) is 5.18. The number of para-hydroxylation sites is 1. The fourth-order valence-electron chi connectivity index (χ4n) is 1.45. The van der Waals surface area contributed by atoms with Gasteiger partial charge in [-0.2, -0.15) is 0 Å². The number of carbonyl (C=O) groups excluding carboxylic acids is 1. The van der Waals surface area contributed by atoms with Crippen molar-refractivity contribution in [2.45, 2.75) is 0 Å². The van der Waals surface area contributed by atoms with Gasteiger partial charge >= 0.3 is 11.9 Å². The molecule has 19 heavy (non-hydrogen) atoms. The normalized spacial score (nSPS) is 9.89. The first-order valence-corrected chi connectivity index (χ1v) is 5.32. The largest absolute Gasteiger partial charge is 0.478 e. The average Bonchev–Trinajstić information content (AvgIpc) is 2.39. The number of H-pyrrole nitrogens is 1. The van der Waals surface area contributed by atoms with Gasteiger partial charge in [0.2, 0.25) is 5.56 Å². The maximum absolute atomic E-state index is 11.8. The Labute approximate surface area is 107 Å². The number of benzene rings is 1. The standard InChI is InChI=1S/C13H9NO5/c15-11-7-3-5-9(14-11)13(18)19-10-6-2-1-4-8(10)12(16)17/h1-7H,(H,14,15)(H,16,17). The predicted octanol–water partition coefficient (Wildman–Crippen LogP) is 1.29. The molecule has 0 bridgehead atoms. The number of carboxylic acid groups (broad SMARTS) is 1. The monoisotopic (exact) mass is 259 g/mol. The molecule has 0 spiro atoms. The van der Waals surface area contributed by atoms with Crippen LogP contribution in [-0.2, 0) is 0 Å². The van der Waals surface area contributed by atoms with Gasteiger partial charge in [0, 0.05) is 6.07 Å². The highest BCUT2D eigenvalue weighted by atomic mass is 16.5. The summed E-state index contributed by atoms with van der Waals surface area (Å²) in [6, 6.07) is 9.77. The zero-order valence-electron chi connectivity index (χ0n) is 9.62. The van der Waals surface area contributed by atoms with Crippen LogP contribution in [0, 0.1) is 0 Å². The van der Waals surface area contributed by atoms with Crippen molar-refractivity contribution >= 4 is 11.9 Å². The SMILES string of the molecule is O=C(Oc1ccccc1C(=O)O)c1cccc(=O)[nH]1. The van der Waals surface area contributed by atoms with Crippen molar-refractivity contribution in [2.24, 2.45) is 0 Å². The van der Waals surface area contributed by atoms with Gasteiger partial charge in [-0.05, 0) is 18.2 Å². The second-order valence-corrected chi connectivity index (χ2v) is 3.62. The Morgan fingerprint density at radius 2 is 1.79 bits per heavy atom. The van der Waals surface area contributed by atoms with Gasteiger partial charge in [0.1, 0.15) is 17.0 Å². The topological polar surface area (TPSA) is 96.5 Å². The first kappa shape index (κ1) is 12.6. The van der Waals surface area contributed by atoms with Crippen molar-refractivity contribution < 1.29 is 19.4 Å². The summed E-state index contributed by atoms with van der Waals surface area (Å²) >= 11 is 0. The van der Waals surface area contributed by atoms with E-state index in [2.05, 4.69) is 4.98 Å². The highest BCUT2D eigenvalue weighted by Gasteiger charge is 2.15. The molecule has 2 rings (SSSR count). The number of carbonyl (C=O) groups is 2. The molecular weight excluding hydrogens is 250 g/mol. The van der Waals surface area contributed by atoms with Crippen LogP contribution in [0.2, 0.25) is 0 Å². The number of ether oxygens (including phenoxy) is 1. The number of aromatic carboxylic acids is 1. The molecule has 1 aromatic carbocycles. The summed E-state index contributed by atoms with van der Waals surface area (Å²) in [6.07, 6.45) is 0. The number of aromatic amines is 1. The molecule has 0 radical (unpaired) electrons. The molecule has 0 unspecified atom stereocenters. The Balaban J connectivity index is 2.29. The molecule has 6 heteroatoms. The predicted molar refractivity (Wildman–Crippen MR) is 65.4 cm³/mol. The molecule has 6 nitrogen and oxygen atoms in total. The van der Waals surface area contributed by atoms with Gasteiger partial charge in [-0.3, -0.25) is 4.79 Å². The summed E-state index contributed by atoms with van der Waals surface area (Å²) < 4.78 is 4.96. The van der Waals surface area contributed by atoms with Crippen LogP contribution in [0.3, 0.4) is 0 Å². The first-order chi connectivity index (χ1) is 9.08. The number of rotatable bonds is 3. The number of esters is 1. The third-order valence-electron chi connectivity index (χ3n) is 2.31. The van der Waals surface area contributed by atoms with Crippen LogP contribution in [0.25, 0.3) is 0 Å². The molecule has 0 amide bonds. The molecule has 96 valence electrons. The summed E-state index contributed by atoms with van der Waals surface area (Å²) in [6.45, 7) is 0. The molecule has 1 aromatic heterocycles. The van der Waals surface area contributed by atoms with E-state index in [1.54, 1.807) is 6.07 Å². The molecule has 0 fully saturated rings. The minimum absolute atomic E-state index is 0.0484. The fraction of sp³-hybridized carbons (Fsp3) is 0. The molecule has 2 aromatic rings. The summed E-state index contributed by atoms with van der Waals surface area (Å²) in [5, 5.41) is 8.94. The lowest BCUT2D eigenvalue weighted by molar-refractivity contribution is 0.0680. The third-order valence-corrected chi connectivity index (χ3v) is 2.31. The van der Waals surface area contributed by atoms with Crippen LogP contribution in [0.1, 0.15) is 20.8 Å². The molecule has 0 aliphatic rings.